The first-order chi connectivity index (χ1) is 16.9. The molecule has 3 rings (SSSR count). The van der Waals surface area contributed by atoms with E-state index in [0.717, 1.165) is 64.5 Å². The lowest BCUT2D eigenvalue weighted by Crippen LogP contribution is -2.53. The van der Waals surface area contributed by atoms with Gasteiger partial charge in [-0.15, -0.1) is 0 Å². The Kier molecular flexibility index (Phi) is 10.5. The van der Waals surface area contributed by atoms with Crippen LogP contribution in [0.3, 0.4) is 0 Å². The molecule has 2 amide bonds. The van der Waals surface area contributed by atoms with Gasteiger partial charge in [0.1, 0.15) is 6.54 Å². The van der Waals surface area contributed by atoms with Crippen molar-refractivity contribution in [3.8, 4) is 0 Å². The molecule has 0 radical (unpaired) electrons. The highest BCUT2D eigenvalue weighted by Gasteiger charge is 2.34. The van der Waals surface area contributed by atoms with Crippen LogP contribution in [-0.2, 0) is 4.79 Å². The fraction of sp³-hybridized carbons (Fsp3) is 0.704. The molecule has 1 aromatic rings. The molecule has 0 aromatic heterocycles. The van der Waals surface area contributed by atoms with Crippen LogP contribution in [0.1, 0.15) is 88.4 Å². The van der Waals surface area contributed by atoms with Crippen LogP contribution in [-0.4, -0.2) is 76.2 Å². The van der Waals surface area contributed by atoms with Gasteiger partial charge in [0.05, 0.1) is 4.92 Å². The quantitative estimate of drug-likeness (QED) is 0.329. The van der Waals surface area contributed by atoms with Crippen LogP contribution in [0.2, 0.25) is 0 Å². The Labute approximate surface area is 209 Å². The van der Waals surface area contributed by atoms with Gasteiger partial charge >= 0.3 is 0 Å². The minimum atomic E-state index is -0.470. The highest BCUT2D eigenvalue weighted by Crippen LogP contribution is 2.30. The van der Waals surface area contributed by atoms with Crippen LogP contribution in [0.25, 0.3) is 0 Å². The zero-order chi connectivity index (χ0) is 25.2. The average Bonchev–Trinajstić information content (AvgIpc) is 2.89. The molecule has 0 unspecified atom stereocenters. The van der Waals surface area contributed by atoms with Crippen molar-refractivity contribution in [3.63, 3.8) is 0 Å². The summed E-state index contributed by atoms with van der Waals surface area (Å²) in [6.45, 7) is 7.12. The molecule has 194 valence electrons. The molecular weight excluding hydrogens is 444 g/mol. The molecular formula is C27H42N4O4. The number of hydrogen-bond donors (Lipinski definition) is 0. The lowest BCUT2D eigenvalue weighted by molar-refractivity contribution is -0.384. The fourth-order valence-electron chi connectivity index (χ4n) is 5.63. The summed E-state index contributed by atoms with van der Waals surface area (Å²) < 4.78 is 0. The summed E-state index contributed by atoms with van der Waals surface area (Å²) in [5.41, 5.74) is 0.331. The number of likely N-dealkylation sites (N-methyl/N-ethyl adjacent to an activating group) is 1. The molecule has 0 spiro atoms. The molecule has 8 nitrogen and oxygen atoms in total. The summed E-state index contributed by atoms with van der Waals surface area (Å²) in [6, 6.07) is 6.25. The molecule has 0 aliphatic heterocycles. The van der Waals surface area contributed by atoms with Crippen LogP contribution in [0, 0.1) is 10.1 Å². The summed E-state index contributed by atoms with van der Waals surface area (Å²) in [6.07, 6.45) is 11.3. The summed E-state index contributed by atoms with van der Waals surface area (Å²) in [5.74, 6) is -0.189. The molecule has 1 aromatic carbocycles. The first-order valence-corrected chi connectivity index (χ1v) is 13.5. The third-order valence-corrected chi connectivity index (χ3v) is 7.74. The standard InChI is InChI=1S/C27H42N4O4/c1-3-28(4-2)19-20-29(27(33)22-15-17-25(18-16-22)31(34)35)21-26(32)30(23-11-7-5-8-12-23)24-13-9-6-10-14-24/h15-18,23-24H,3-14,19-21H2,1-2H3. The molecule has 35 heavy (non-hydrogen) atoms. The van der Waals surface area contributed by atoms with Gasteiger partial charge in [-0.3, -0.25) is 19.7 Å². The second-order valence-electron chi connectivity index (χ2n) is 9.94. The lowest BCUT2D eigenvalue weighted by atomic mass is 9.88. The van der Waals surface area contributed by atoms with Gasteiger partial charge in [0.2, 0.25) is 5.91 Å². The van der Waals surface area contributed by atoms with Crippen LogP contribution in [0.4, 0.5) is 5.69 Å². The Morgan fingerprint density at radius 2 is 1.37 bits per heavy atom. The van der Waals surface area contributed by atoms with Gasteiger partial charge in [0, 0.05) is 42.9 Å². The zero-order valence-electron chi connectivity index (χ0n) is 21.5. The monoisotopic (exact) mass is 486 g/mol. The molecule has 0 N–H and O–H groups in total. The number of nitro benzene ring substituents is 1. The van der Waals surface area contributed by atoms with Crippen molar-refractivity contribution in [3.05, 3.63) is 39.9 Å². The number of hydrogen-bond acceptors (Lipinski definition) is 5. The summed E-state index contributed by atoms with van der Waals surface area (Å²) >= 11 is 0. The summed E-state index contributed by atoms with van der Waals surface area (Å²) in [5, 5.41) is 11.0. The Morgan fingerprint density at radius 1 is 0.857 bits per heavy atom. The van der Waals surface area contributed by atoms with Crippen molar-refractivity contribution >= 4 is 17.5 Å². The van der Waals surface area contributed by atoms with E-state index in [2.05, 4.69) is 23.6 Å². The largest absolute Gasteiger partial charge is 0.335 e. The normalized spacial score (nSPS) is 17.3. The molecule has 0 bridgehead atoms. The molecule has 8 heteroatoms. The van der Waals surface area contributed by atoms with E-state index in [1.807, 2.05) is 0 Å². The third kappa shape index (κ3) is 7.50. The van der Waals surface area contributed by atoms with Crippen molar-refractivity contribution < 1.29 is 14.5 Å². The summed E-state index contributed by atoms with van der Waals surface area (Å²) in [4.78, 5) is 44.0. The molecule has 2 aliphatic carbocycles. The van der Waals surface area contributed by atoms with Crippen LogP contribution >= 0.6 is 0 Å². The van der Waals surface area contributed by atoms with E-state index in [1.54, 1.807) is 4.90 Å². The number of non-ortho nitro benzene ring substituents is 1. The van der Waals surface area contributed by atoms with E-state index in [1.165, 1.54) is 37.1 Å². The van der Waals surface area contributed by atoms with Crippen LogP contribution in [0.5, 0.6) is 0 Å². The van der Waals surface area contributed by atoms with Gasteiger partial charge < -0.3 is 14.7 Å². The smallest absolute Gasteiger partial charge is 0.269 e. The Bertz CT molecular complexity index is 810. The van der Waals surface area contributed by atoms with Crippen LogP contribution in [0.15, 0.2) is 24.3 Å². The van der Waals surface area contributed by atoms with Gasteiger partial charge in [-0.25, -0.2) is 0 Å². The maximum Gasteiger partial charge on any atom is 0.269 e. The van der Waals surface area contributed by atoms with E-state index in [-0.39, 0.29) is 36.1 Å². The molecule has 0 saturated heterocycles. The SMILES string of the molecule is CCN(CC)CCN(CC(=O)N(C1CCCCC1)C1CCCCC1)C(=O)c1ccc([N+](=O)[O-])cc1. The minimum absolute atomic E-state index is 0.0481. The van der Waals surface area contributed by atoms with E-state index in [0.29, 0.717) is 18.7 Å². The topological polar surface area (TPSA) is 87.0 Å². The predicted octanol–water partition coefficient (Wildman–Crippen LogP) is 4.87. The van der Waals surface area contributed by atoms with Gasteiger partial charge in [-0.1, -0.05) is 52.4 Å². The predicted molar refractivity (Wildman–Crippen MR) is 137 cm³/mol. The lowest BCUT2D eigenvalue weighted by Gasteiger charge is -2.42. The third-order valence-electron chi connectivity index (χ3n) is 7.74. The Morgan fingerprint density at radius 3 is 1.83 bits per heavy atom. The molecule has 2 saturated carbocycles. The van der Waals surface area contributed by atoms with Crippen molar-refractivity contribution in [1.82, 2.24) is 14.7 Å². The Hall–Kier alpha value is -2.48. The number of carbonyl (C=O) groups is 2. The first kappa shape index (κ1) is 27.1. The fourth-order valence-corrected chi connectivity index (χ4v) is 5.63. The maximum absolute atomic E-state index is 13.8. The van der Waals surface area contributed by atoms with Gasteiger partial charge in [0.25, 0.3) is 11.6 Å². The molecule has 0 heterocycles. The number of nitro groups is 1. The maximum atomic E-state index is 13.8. The van der Waals surface area contributed by atoms with Crippen molar-refractivity contribution in [2.75, 3.05) is 32.7 Å². The average molecular weight is 487 g/mol. The number of amides is 2. The van der Waals surface area contributed by atoms with Crippen molar-refractivity contribution in [2.45, 2.75) is 90.1 Å². The number of rotatable bonds is 11. The van der Waals surface area contributed by atoms with Crippen molar-refractivity contribution in [2.24, 2.45) is 0 Å². The van der Waals surface area contributed by atoms with E-state index < -0.39 is 4.92 Å². The number of nitrogens with zero attached hydrogens (tertiary/aromatic N) is 4. The highest BCUT2D eigenvalue weighted by molar-refractivity contribution is 5.96. The van der Waals surface area contributed by atoms with E-state index >= 15 is 0 Å². The zero-order valence-corrected chi connectivity index (χ0v) is 21.5. The molecule has 2 aliphatic rings. The molecule has 2 fully saturated rings. The molecule has 0 atom stereocenters. The number of benzene rings is 1. The minimum Gasteiger partial charge on any atom is -0.335 e. The second-order valence-corrected chi connectivity index (χ2v) is 9.94. The van der Waals surface area contributed by atoms with Crippen LogP contribution < -0.4 is 0 Å². The van der Waals surface area contributed by atoms with Gasteiger partial charge in [-0.05, 0) is 50.9 Å². The first-order valence-electron chi connectivity index (χ1n) is 13.5. The number of carbonyl (C=O) groups excluding carboxylic acids is 2. The second kappa shape index (κ2) is 13.6. The van der Waals surface area contributed by atoms with Gasteiger partial charge in [0.15, 0.2) is 0 Å². The van der Waals surface area contributed by atoms with Crippen molar-refractivity contribution in [1.29, 1.82) is 0 Å². The van der Waals surface area contributed by atoms with Gasteiger partial charge in [-0.2, -0.15) is 0 Å². The summed E-state index contributed by atoms with van der Waals surface area (Å²) in [7, 11) is 0. The Balaban J connectivity index is 1.80. The van der Waals surface area contributed by atoms with E-state index in [4.69, 9.17) is 0 Å². The van der Waals surface area contributed by atoms with E-state index in [9.17, 15) is 19.7 Å². The highest BCUT2D eigenvalue weighted by atomic mass is 16.6.